The first-order valence-corrected chi connectivity index (χ1v) is 7.91. The molecule has 0 aromatic heterocycles. The molecule has 6 nitrogen and oxygen atoms in total. The molecule has 114 valence electrons. The molecule has 0 aliphatic rings. The van der Waals surface area contributed by atoms with Gasteiger partial charge in [0.2, 0.25) is 15.9 Å². The van der Waals surface area contributed by atoms with Gasteiger partial charge in [-0.3, -0.25) is 4.79 Å². The second-order valence-corrected chi connectivity index (χ2v) is 7.19. The summed E-state index contributed by atoms with van der Waals surface area (Å²) in [6.07, 6.45) is 0. The molecule has 2 N–H and O–H groups in total. The smallest absolute Gasteiger partial charge is 0.242 e. The normalized spacial score (nSPS) is 11.8. The maximum absolute atomic E-state index is 12.2. The van der Waals surface area contributed by atoms with Crippen molar-refractivity contribution in [1.29, 1.82) is 5.26 Å². The summed E-state index contributed by atoms with van der Waals surface area (Å²) in [6, 6.07) is 5.78. The van der Waals surface area contributed by atoms with Crippen LogP contribution < -0.4 is 10.0 Å². The lowest BCUT2D eigenvalue weighted by Crippen LogP contribution is -2.43. The van der Waals surface area contributed by atoms with Gasteiger partial charge in [0.15, 0.2) is 0 Å². The molecule has 0 aliphatic heterocycles. The van der Waals surface area contributed by atoms with Crippen LogP contribution in [0.3, 0.4) is 0 Å². The fourth-order valence-corrected chi connectivity index (χ4v) is 3.31. The minimum absolute atomic E-state index is 0.0423. The Balaban J connectivity index is 2.98. The molecule has 1 amide bonds. The second kappa shape index (κ2) is 6.43. The maximum atomic E-state index is 12.2. The molecule has 0 bridgehead atoms. The number of benzene rings is 1. The predicted octanol–water partition coefficient (Wildman–Crippen LogP) is 1.26. The van der Waals surface area contributed by atoms with E-state index in [0.29, 0.717) is 0 Å². The highest BCUT2D eigenvalue weighted by molar-refractivity contribution is 7.89. The first-order valence-electron chi connectivity index (χ1n) is 6.05. The van der Waals surface area contributed by atoms with Gasteiger partial charge in [0.1, 0.15) is 4.90 Å². The van der Waals surface area contributed by atoms with Gasteiger partial charge < -0.3 is 5.32 Å². The lowest BCUT2D eigenvalue weighted by molar-refractivity contribution is -0.128. The van der Waals surface area contributed by atoms with Crippen molar-refractivity contribution < 1.29 is 13.2 Å². The van der Waals surface area contributed by atoms with Gasteiger partial charge in [0, 0.05) is 13.6 Å². The van der Waals surface area contributed by atoms with Gasteiger partial charge in [-0.15, -0.1) is 0 Å². The first kappa shape index (κ1) is 17.4. The summed E-state index contributed by atoms with van der Waals surface area (Å²) in [5.41, 5.74) is -0.634. The third-order valence-corrected chi connectivity index (χ3v) is 4.78. The van der Waals surface area contributed by atoms with E-state index in [1.165, 1.54) is 25.2 Å². The third kappa shape index (κ3) is 4.17. The molecule has 0 saturated carbocycles. The Morgan fingerprint density at radius 3 is 2.52 bits per heavy atom. The number of carbonyl (C=O) groups is 1. The Hall–Kier alpha value is -1.62. The standard InChI is InChI=1S/C13H16ClN3O3S/c1-13(2,12(18)16-3)8-17-21(19,20)11-5-4-9(7-15)6-10(11)14/h4-6,17H,8H2,1-3H3,(H,16,18). The zero-order valence-electron chi connectivity index (χ0n) is 11.9. The number of rotatable bonds is 5. The molecule has 0 atom stereocenters. The quantitative estimate of drug-likeness (QED) is 0.849. The van der Waals surface area contributed by atoms with Crippen molar-refractivity contribution >= 4 is 27.5 Å². The largest absolute Gasteiger partial charge is 0.359 e. The summed E-state index contributed by atoms with van der Waals surface area (Å²) in [5.74, 6) is -0.281. The first-order chi connectivity index (χ1) is 9.64. The van der Waals surface area contributed by atoms with Crippen LogP contribution in [0, 0.1) is 16.7 Å². The Kier molecular flexibility index (Phi) is 5.34. The number of sulfonamides is 1. The summed E-state index contributed by atoms with van der Waals surface area (Å²) in [4.78, 5) is 11.5. The van der Waals surface area contributed by atoms with E-state index in [9.17, 15) is 13.2 Å². The molecular formula is C13H16ClN3O3S. The van der Waals surface area contributed by atoms with Gasteiger partial charge in [-0.25, -0.2) is 13.1 Å². The Morgan fingerprint density at radius 1 is 1.43 bits per heavy atom. The predicted molar refractivity (Wildman–Crippen MR) is 79.2 cm³/mol. The number of amides is 1. The molecule has 1 aromatic rings. The molecule has 1 aromatic carbocycles. The van der Waals surface area contributed by atoms with Crippen LogP contribution in [-0.4, -0.2) is 27.9 Å². The van der Waals surface area contributed by atoms with Crippen molar-refractivity contribution in [2.75, 3.05) is 13.6 Å². The molecule has 0 spiro atoms. The van der Waals surface area contributed by atoms with Crippen molar-refractivity contribution in [3.63, 3.8) is 0 Å². The van der Waals surface area contributed by atoms with Gasteiger partial charge in [0.25, 0.3) is 0 Å². The number of carbonyl (C=O) groups excluding carboxylic acids is 1. The zero-order valence-corrected chi connectivity index (χ0v) is 13.5. The zero-order chi connectivity index (χ0) is 16.3. The van der Waals surface area contributed by atoms with Crippen LogP contribution in [0.15, 0.2) is 23.1 Å². The van der Waals surface area contributed by atoms with E-state index in [-0.39, 0.29) is 27.9 Å². The van der Waals surface area contributed by atoms with Crippen LogP contribution in [0.2, 0.25) is 5.02 Å². The molecule has 0 fully saturated rings. The van der Waals surface area contributed by atoms with Gasteiger partial charge >= 0.3 is 0 Å². The minimum Gasteiger partial charge on any atom is -0.359 e. The van der Waals surface area contributed by atoms with Crippen LogP contribution in [-0.2, 0) is 14.8 Å². The monoisotopic (exact) mass is 329 g/mol. The van der Waals surface area contributed by atoms with E-state index in [4.69, 9.17) is 16.9 Å². The van der Waals surface area contributed by atoms with E-state index >= 15 is 0 Å². The van der Waals surface area contributed by atoms with Crippen LogP contribution >= 0.6 is 11.6 Å². The van der Waals surface area contributed by atoms with Crippen molar-refractivity contribution in [2.24, 2.45) is 5.41 Å². The van der Waals surface area contributed by atoms with Gasteiger partial charge in [-0.05, 0) is 32.0 Å². The SMILES string of the molecule is CNC(=O)C(C)(C)CNS(=O)(=O)c1ccc(C#N)cc1Cl. The Morgan fingerprint density at radius 2 is 2.05 bits per heavy atom. The summed E-state index contributed by atoms with van der Waals surface area (Å²) in [5, 5.41) is 11.2. The molecule has 1 rings (SSSR count). The van der Waals surface area contributed by atoms with E-state index in [1.54, 1.807) is 13.8 Å². The molecule has 8 heteroatoms. The number of hydrogen-bond donors (Lipinski definition) is 2. The fraction of sp³-hybridized carbons (Fsp3) is 0.385. The van der Waals surface area contributed by atoms with Gasteiger partial charge in [-0.1, -0.05) is 11.6 Å². The molecule has 21 heavy (non-hydrogen) atoms. The van der Waals surface area contributed by atoms with Gasteiger partial charge in [0.05, 0.1) is 22.1 Å². The fourth-order valence-electron chi connectivity index (χ4n) is 1.56. The molecule has 0 heterocycles. The summed E-state index contributed by atoms with van der Waals surface area (Å²) in [7, 11) is -2.38. The van der Waals surface area contributed by atoms with Crippen LogP contribution in [0.4, 0.5) is 0 Å². The molecule has 0 unspecified atom stereocenters. The van der Waals surface area contributed by atoms with E-state index in [1.807, 2.05) is 6.07 Å². The van der Waals surface area contributed by atoms with Crippen molar-refractivity contribution in [2.45, 2.75) is 18.7 Å². The third-order valence-electron chi connectivity index (χ3n) is 2.90. The summed E-state index contributed by atoms with van der Waals surface area (Å²) < 4.78 is 26.8. The number of halogens is 1. The topological polar surface area (TPSA) is 99.1 Å². The highest BCUT2D eigenvalue weighted by Crippen LogP contribution is 2.23. The average molecular weight is 330 g/mol. The lowest BCUT2D eigenvalue weighted by atomic mass is 9.93. The number of nitrogens with one attached hydrogen (secondary N) is 2. The number of hydrogen-bond acceptors (Lipinski definition) is 4. The number of nitriles is 1. The van der Waals surface area contributed by atoms with Crippen molar-refractivity contribution in [3.8, 4) is 6.07 Å². The Labute approximate surface area is 129 Å². The Bertz CT molecular complexity index is 693. The van der Waals surface area contributed by atoms with E-state index < -0.39 is 15.4 Å². The molecule has 0 radical (unpaired) electrons. The van der Waals surface area contributed by atoms with E-state index in [2.05, 4.69) is 10.0 Å². The highest BCUT2D eigenvalue weighted by atomic mass is 35.5. The lowest BCUT2D eigenvalue weighted by Gasteiger charge is -2.22. The van der Waals surface area contributed by atoms with Crippen LogP contribution in [0.25, 0.3) is 0 Å². The van der Waals surface area contributed by atoms with Crippen molar-refractivity contribution in [1.82, 2.24) is 10.0 Å². The highest BCUT2D eigenvalue weighted by Gasteiger charge is 2.29. The van der Waals surface area contributed by atoms with Crippen molar-refractivity contribution in [3.05, 3.63) is 28.8 Å². The summed E-state index contributed by atoms with van der Waals surface area (Å²) >= 11 is 5.88. The van der Waals surface area contributed by atoms with Crippen LogP contribution in [0.5, 0.6) is 0 Å². The molecular weight excluding hydrogens is 314 g/mol. The second-order valence-electron chi connectivity index (χ2n) is 5.04. The average Bonchev–Trinajstić information content (AvgIpc) is 2.44. The number of nitrogens with zero attached hydrogens (tertiary/aromatic N) is 1. The maximum Gasteiger partial charge on any atom is 0.242 e. The van der Waals surface area contributed by atoms with Gasteiger partial charge in [-0.2, -0.15) is 5.26 Å². The molecule has 0 saturated heterocycles. The minimum atomic E-state index is -3.86. The summed E-state index contributed by atoms with van der Waals surface area (Å²) in [6.45, 7) is 3.16. The molecule has 0 aliphatic carbocycles. The van der Waals surface area contributed by atoms with Crippen LogP contribution in [0.1, 0.15) is 19.4 Å². The van der Waals surface area contributed by atoms with E-state index in [0.717, 1.165) is 0 Å².